The van der Waals surface area contributed by atoms with Crippen molar-refractivity contribution in [2.24, 2.45) is 11.3 Å². The van der Waals surface area contributed by atoms with E-state index in [4.69, 9.17) is 11.6 Å². The van der Waals surface area contributed by atoms with E-state index in [-0.39, 0.29) is 30.3 Å². The van der Waals surface area contributed by atoms with Gasteiger partial charge in [0.05, 0.1) is 12.2 Å². The van der Waals surface area contributed by atoms with Crippen LogP contribution in [0.5, 0.6) is 0 Å². The number of carbonyl (C=O) groups is 1. The van der Waals surface area contributed by atoms with E-state index in [1.54, 1.807) is 12.1 Å². The predicted molar refractivity (Wildman–Crippen MR) is 119 cm³/mol. The van der Waals surface area contributed by atoms with Crippen molar-refractivity contribution in [1.29, 1.82) is 0 Å². The molecule has 3 fully saturated rings. The lowest BCUT2D eigenvalue weighted by Crippen LogP contribution is -2.63. The highest BCUT2D eigenvalue weighted by molar-refractivity contribution is 6.30. The fraction of sp³-hybridized carbons (Fsp3) is 0.625. The molecule has 0 unspecified atom stereocenters. The molecular weight excluding hydrogens is 467 g/mol. The van der Waals surface area contributed by atoms with Crippen LogP contribution in [0.4, 0.5) is 13.2 Å². The third-order valence-electron chi connectivity index (χ3n) is 8.23. The lowest BCUT2D eigenvalue weighted by atomic mass is 9.57. The first-order valence-electron chi connectivity index (χ1n) is 11.8. The molecule has 0 N–H and O–H groups in total. The molecule has 1 amide bonds. The second-order valence-corrected chi connectivity index (χ2v) is 11.5. The van der Waals surface area contributed by atoms with E-state index in [2.05, 4.69) is 10.2 Å². The van der Waals surface area contributed by atoms with Crippen molar-refractivity contribution < 1.29 is 18.0 Å². The van der Waals surface area contributed by atoms with Crippen LogP contribution in [0, 0.1) is 11.3 Å². The number of aromatic nitrogens is 3. The smallest absolute Gasteiger partial charge is 0.341 e. The number of halogens is 4. The molecule has 1 spiro atoms. The minimum absolute atomic E-state index is 0.0351. The predicted octanol–water partition coefficient (Wildman–Crippen LogP) is 4.69. The number of benzene rings is 1. The molecule has 34 heavy (non-hydrogen) atoms. The number of amides is 1. The van der Waals surface area contributed by atoms with E-state index >= 15 is 0 Å². The molecule has 182 valence electrons. The van der Waals surface area contributed by atoms with Crippen LogP contribution in [0.3, 0.4) is 0 Å². The highest BCUT2D eigenvalue weighted by Gasteiger charge is 2.57. The van der Waals surface area contributed by atoms with Gasteiger partial charge in [0.2, 0.25) is 5.91 Å². The lowest BCUT2D eigenvalue weighted by molar-refractivity contribution is -0.224. The maximum absolute atomic E-state index is 13.9. The fourth-order valence-electron chi connectivity index (χ4n) is 5.80. The van der Waals surface area contributed by atoms with E-state index in [0.29, 0.717) is 16.8 Å². The monoisotopic (exact) mass is 493 g/mol. The highest BCUT2D eigenvalue weighted by atomic mass is 35.5. The second kappa shape index (κ2) is 7.20. The molecule has 0 bridgehead atoms. The zero-order valence-corrected chi connectivity index (χ0v) is 20.0. The molecule has 2 saturated carbocycles. The average molecular weight is 494 g/mol. The Kier molecular flexibility index (Phi) is 4.73. The number of fused-ring (bicyclic) bond motifs is 3. The van der Waals surface area contributed by atoms with Gasteiger partial charge in [-0.2, -0.15) is 13.2 Å². The third-order valence-corrected chi connectivity index (χ3v) is 8.47. The number of rotatable bonds is 3. The number of nitrogens with zero attached hydrogens (tertiary/aromatic N) is 5. The Morgan fingerprint density at radius 3 is 2.47 bits per heavy atom. The van der Waals surface area contributed by atoms with Crippen LogP contribution in [0.25, 0.3) is 5.69 Å². The Morgan fingerprint density at radius 1 is 1.12 bits per heavy atom. The highest BCUT2D eigenvalue weighted by Crippen LogP contribution is 2.57. The topological polar surface area (TPSA) is 54.3 Å². The van der Waals surface area contributed by atoms with Crippen LogP contribution in [-0.4, -0.2) is 55.3 Å². The van der Waals surface area contributed by atoms with Gasteiger partial charge in [0.1, 0.15) is 11.4 Å². The van der Waals surface area contributed by atoms with Gasteiger partial charge >= 0.3 is 6.18 Å². The SMILES string of the molecule is CC(C)(N1Cc2cc(Cl)ccc2-n2c(nnc2C2CC3(C2)CN(C(=O)C2CC2)C3)C1)C(F)(F)F. The van der Waals surface area contributed by atoms with Crippen LogP contribution in [0.1, 0.15) is 62.7 Å². The fourth-order valence-corrected chi connectivity index (χ4v) is 5.99. The van der Waals surface area contributed by atoms with Crippen LogP contribution >= 0.6 is 11.6 Å². The Bertz CT molecular complexity index is 1160. The molecule has 1 aromatic carbocycles. The summed E-state index contributed by atoms with van der Waals surface area (Å²) in [6, 6.07) is 5.35. The molecule has 4 aliphatic rings. The minimum Gasteiger partial charge on any atom is -0.341 e. The molecule has 0 radical (unpaired) electrons. The first kappa shape index (κ1) is 22.3. The standard InChI is InChI=1S/C24H27ClF3N5O/c1-22(2,24(26,27)28)32-10-15-7-17(25)5-6-18(15)33-19(11-32)29-30-20(33)16-8-23(9-16)12-31(13-23)21(34)14-3-4-14/h5-7,14,16H,3-4,8-13H2,1-2H3. The van der Waals surface area contributed by atoms with Crippen molar-refractivity contribution in [3.63, 3.8) is 0 Å². The number of hydrogen-bond acceptors (Lipinski definition) is 4. The number of hydrogen-bond donors (Lipinski definition) is 0. The van der Waals surface area contributed by atoms with Gasteiger partial charge < -0.3 is 4.90 Å². The van der Waals surface area contributed by atoms with Crippen LogP contribution < -0.4 is 0 Å². The zero-order valence-electron chi connectivity index (χ0n) is 19.2. The molecule has 3 heterocycles. The lowest BCUT2D eigenvalue weighted by Gasteiger charge is -2.58. The summed E-state index contributed by atoms with van der Waals surface area (Å²) in [7, 11) is 0. The van der Waals surface area contributed by atoms with E-state index in [1.807, 2.05) is 15.5 Å². The Hall–Kier alpha value is -2.13. The van der Waals surface area contributed by atoms with E-state index < -0.39 is 11.7 Å². The van der Waals surface area contributed by atoms with Crippen molar-refractivity contribution in [3.05, 3.63) is 40.4 Å². The van der Waals surface area contributed by atoms with Crippen molar-refractivity contribution in [2.45, 2.75) is 70.3 Å². The molecule has 1 aromatic heterocycles. The van der Waals surface area contributed by atoms with Crippen molar-refractivity contribution >= 4 is 17.5 Å². The normalized spacial score (nSPS) is 22.6. The van der Waals surface area contributed by atoms with Crippen molar-refractivity contribution in [2.75, 3.05) is 13.1 Å². The van der Waals surface area contributed by atoms with Crippen molar-refractivity contribution in [3.8, 4) is 5.69 Å². The van der Waals surface area contributed by atoms with Gasteiger partial charge in [0.25, 0.3) is 0 Å². The van der Waals surface area contributed by atoms with Gasteiger partial charge in [-0.1, -0.05) is 11.6 Å². The Balaban J connectivity index is 1.29. The summed E-state index contributed by atoms with van der Waals surface area (Å²) in [6.07, 6.45) is -0.538. The molecule has 6 nitrogen and oxygen atoms in total. The number of carbonyl (C=O) groups excluding carboxylic acids is 1. The van der Waals surface area contributed by atoms with Gasteiger partial charge in [-0.15, -0.1) is 10.2 Å². The summed E-state index contributed by atoms with van der Waals surface area (Å²) in [5.41, 5.74) is -0.374. The van der Waals surface area contributed by atoms with E-state index in [9.17, 15) is 18.0 Å². The first-order valence-corrected chi connectivity index (χ1v) is 12.2. The Labute approximate surface area is 201 Å². The van der Waals surface area contributed by atoms with Crippen LogP contribution in [0.15, 0.2) is 18.2 Å². The van der Waals surface area contributed by atoms with Gasteiger partial charge in [-0.25, -0.2) is 0 Å². The maximum Gasteiger partial charge on any atom is 0.406 e. The summed E-state index contributed by atoms with van der Waals surface area (Å²) in [5, 5.41) is 9.31. The van der Waals surface area contributed by atoms with Gasteiger partial charge in [0.15, 0.2) is 5.82 Å². The summed E-state index contributed by atoms with van der Waals surface area (Å²) in [5.74, 6) is 2.01. The van der Waals surface area contributed by atoms with E-state index in [0.717, 1.165) is 55.8 Å². The average Bonchev–Trinajstić information content (AvgIpc) is 3.49. The van der Waals surface area contributed by atoms with Crippen molar-refractivity contribution in [1.82, 2.24) is 24.6 Å². The molecule has 6 rings (SSSR count). The quantitative estimate of drug-likeness (QED) is 0.622. The van der Waals surface area contributed by atoms with Gasteiger partial charge in [-0.05, 0) is 63.3 Å². The van der Waals surface area contributed by atoms with Crippen LogP contribution in [0.2, 0.25) is 5.02 Å². The van der Waals surface area contributed by atoms with E-state index in [1.165, 1.54) is 18.7 Å². The van der Waals surface area contributed by atoms with Gasteiger partial charge in [-0.3, -0.25) is 14.3 Å². The number of alkyl halides is 3. The molecule has 2 aromatic rings. The first-order chi connectivity index (χ1) is 16.0. The van der Waals surface area contributed by atoms with Crippen LogP contribution in [-0.2, 0) is 17.9 Å². The summed E-state index contributed by atoms with van der Waals surface area (Å²) in [4.78, 5) is 15.7. The second-order valence-electron chi connectivity index (χ2n) is 11.1. The molecule has 10 heteroatoms. The summed E-state index contributed by atoms with van der Waals surface area (Å²) < 4.78 is 43.7. The molecule has 0 atom stereocenters. The molecular formula is C24H27ClF3N5O. The molecule has 1 saturated heterocycles. The third kappa shape index (κ3) is 3.38. The zero-order chi connectivity index (χ0) is 24.0. The summed E-state index contributed by atoms with van der Waals surface area (Å²) >= 11 is 6.24. The summed E-state index contributed by atoms with van der Waals surface area (Å²) in [6.45, 7) is 4.15. The number of likely N-dealkylation sites (tertiary alicyclic amines) is 1. The molecule has 2 aliphatic carbocycles. The maximum atomic E-state index is 13.9. The molecule has 2 aliphatic heterocycles. The largest absolute Gasteiger partial charge is 0.406 e. The van der Waals surface area contributed by atoms with Gasteiger partial charge in [0, 0.05) is 41.9 Å². The minimum atomic E-state index is -4.40. The Morgan fingerprint density at radius 2 is 1.82 bits per heavy atom.